The number of carbonyl (C=O) groups is 1. The molecule has 1 atom stereocenters. The molecule has 0 bridgehead atoms. The van der Waals surface area contributed by atoms with Crippen molar-refractivity contribution in [2.45, 2.75) is 25.3 Å². The molecule has 1 fully saturated rings. The van der Waals surface area contributed by atoms with E-state index >= 15 is 0 Å². The molecule has 1 aromatic carbocycles. The van der Waals surface area contributed by atoms with Crippen LogP contribution in [0.15, 0.2) is 29.1 Å². The van der Waals surface area contributed by atoms with Gasteiger partial charge in [0.2, 0.25) is 0 Å². The Labute approximate surface area is 121 Å². The first kappa shape index (κ1) is 13.8. The van der Waals surface area contributed by atoms with E-state index in [1.54, 1.807) is 24.3 Å². The van der Waals surface area contributed by atoms with Crippen LogP contribution in [-0.4, -0.2) is 28.2 Å². The highest BCUT2D eigenvalue weighted by atomic mass is 16.2. The molecule has 0 radical (unpaired) electrons. The summed E-state index contributed by atoms with van der Waals surface area (Å²) in [7, 11) is 0. The largest absolute Gasteiger partial charge is 0.344 e. The van der Waals surface area contributed by atoms with Gasteiger partial charge in [-0.05, 0) is 31.7 Å². The minimum absolute atomic E-state index is 0.227. The third-order valence-corrected chi connectivity index (χ3v) is 4.21. The van der Waals surface area contributed by atoms with E-state index in [2.05, 4.69) is 15.5 Å². The van der Waals surface area contributed by atoms with Gasteiger partial charge in [-0.15, -0.1) is 0 Å². The molecule has 21 heavy (non-hydrogen) atoms. The first-order chi connectivity index (χ1) is 10.0. The summed E-state index contributed by atoms with van der Waals surface area (Å²) in [6, 6.07) is 6.94. The number of nitrogens with zero attached hydrogens (tertiary/aromatic N) is 1. The van der Waals surface area contributed by atoms with E-state index in [1.165, 1.54) is 0 Å². The number of aromatic amines is 1. The summed E-state index contributed by atoms with van der Waals surface area (Å²) in [5.74, 6) is 0.114. The molecule has 2 aromatic rings. The van der Waals surface area contributed by atoms with Gasteiger partial charge in [-0.3, -0.25) is 9.59 Å². The van der Waals surface area contributed by atoms with Crippen molar-refractivity contribution in [3.8, 4) is 0 Å². The van der Waals surface area contributed by atoms with Crippen molar-refractivity contribution in [1.29, 1.82) is 0 Å². The number of rotatable bonds is 4. The van der Waals surface area contributed by atoms with Crippen LogP contribution in [0.25, 0.3) is 10.8 Å². The predicted molar refractivity (Wildman–Crippen MR) is 80.0 cm³/mol. The number of hydrogen-bond donors (Lipinski definition) is 3. The smallest absolute Gasteiger partial charge is 0.272 e. The molecule has 1 heterocycles. The molecule has 6 heteroatoms. The van der Waals surface area contributed by atoms with Gasteiger partial charge in [-0.25, -0.2) is 5.10 Å². The fourth-order valence-electron chi connectivity index (χ4n) is 2.65. The van der Waals surface area contributed by atoms with E-state index in [4.69, 9.17) is 5.73 Å². The minimum atomic E-state index is -0.421. The average molecular weight is 286 g/mol. The second kappa shape index (κ2) is 4.96. The van der Waals surface area contributed by atoms with Gasteiger partial charge in [0.05, 0.1) is 10.9 Å². The first-order valence-corrected chi connectivity index (χ1v) is 7.05. The normalized spacial score (nSPS) is 17.4. The van der Waals surface area contributed by atoms with E-state index < -0.39 is 5.54 Å². The number of carbonyl (C=O) groups excluding carboxylic acids is 1. The number of amides is 1. The van der Waals surface area contributed by atoms with Crippen LogP contribution >= 0.6 is 0 Å². The lowest BCUT2D eigenvalue weighted by atomic mass is 9.95. The van der Waals surface area contributed by atoms with Gasteiger partial charge in [0.25, 0.3) is 11.5 Å². The second-order valence-corrected chi connectivity index (χ2v) is 5.80. The molecule has 0 saturated heterocycles. The van der Waals surface area contributed by atoms with Gasteiger partial charge in [-0.1, -0.05) is 18.2 Å². The molecule has 1 unspecified atom stereocenters. The molecule has 6 nitrogen and oxygen atoms in total. The van der Waals surface area contributed by atoms with Crippen molar-refractivity contribution in [3.05, 3.63) is 40.3 Å². The summed E-state index contributed by atoms with van der Waals surface area (Å²) < 4.78 is 0. The molecule has 1 aromatic heterocycles. The standard InChI is InChI=1S/C15H18N4O2/c1-15(8-16,9-6-7-9)17-14(21)12-10-4-2-3-5-11(10)13(20)19-18-12/h2-5,9H,6-8,16H2,1H3,(H,17,21)(H,19,20). The van der Waals surface area contributed by atoms with E-state index in [1.807, 2.05) is 6.92 Å². The maximum atomic E-state index is 12.5. The summed E-state index contributed by atoms with van der Waals surface area (Å²) in [5, 5.41) is 10.3. The number of benzene rings is 1. The molecule has 1 aliphatic rings. The van der Waals surface area contributed by atoms with Crippen LogP contribution in [0.4, 0.5) is 0 Å². The molecule has 1 aliphatic carbocycles. The van der Waals surface area contributed by atoms with Crippen LogP contribution in [0.2, 0.25) is 0 Å². The van der Waals surface area contributed by atoms with Crippen LogP contribution in [0.3, 0.4) is 0 Å². The highest BCUT2D eigenvalue weighted by Crippen LogP contribution is 2.39. The monoisotopic (exact) mass is 286 g/mol. The number of nitrogens with one attached hydrogen (secondary N) is 2. The van der Waals surface area contributed by atoms with Crippen LogP contribution in [-0.2, 0) is 0 Å². The molecule has 0 aliphatic heterocycles. The Hall–Kier alpha value is -2.21. The Morgan fingerprint density at radius 3 is 2.71 bits per heavy atom. The van der Waals surface area contributed by atoms with E-state index in [0.29, 0.717) is 23.2 Å². The van der Waals surface area contributed by atoms with Crippen molar-refractivity contribution in [1.82, 2.24) is 15.5 Å². The third kappa shape index (κ3) is 2.42. The lowest BCUT2D eigenvalue weighted by Crippen LogP contribution is -2.53. The Balaban J connectivity index is 1.99. The fourth-order valence-corrected chi connectivity index (χ4v) is 2.65. The zero-order valence-electron chi connectivity index (χ0n) is 11.8. The Kier molecular flexibility index (Phi) is 3.25. The zero-order valence-corrected chi connectivity index (χ0v) is 11.8. The molecule has 1 amide bonds. The highest BCUT2D eigenvalue weighted by molar-refractivity contribution is 6.05. The maximum absolute atomic E-state index is 12.5. The highest BCUT2D eigenvalue weighted by Gasteiger charge is 2.42. The van der Waals surface area contributed by atoms with E-state index in [9.17, 15) is 9.59 Å². The van der Waals surface area contributed by atoms with Crippen LogP contribution < -0.4 is 16.6 Å². The van der Waals surface area contributed by atoms with Gasteiger partial charge in [0, 0.05) is 11.9 Å². The predicted octanol–water partition coefficient (Wildman–Crippen LogP) is 0.780. The minimum Gasteiger partial charge on any atom is -0.344 e. The Bertz CT molecular complexity index is 751. The SMILES string of the molecule is CC(CN)(NC(=O)c1n[nH]c(=O)c2ccccc12)C1CC1. The van der Waals surface area contributed by atoms with Crippen molar-refractivity contribution < 1.29 is 4.79 Å². The molecular formula is C15H18N4O2. The van der Waals surface area contributed by atoms with E-state index in [0.717, 1.165) is 12.8 Å². The van der Waals surface area contributed by atoms with Crippen molar-refractivity contribution in [3.63, 3.8) is 0 Å². The number of nitrogens with two attached hydrogens (primary N) is 1. The first-order valence-electron chi connectivity index (χ1n) is 7.05. The Morgan fingerprint density at radius 2 is 2.10 bits per heavy atom. The zero-order chi connectivity index (χ0) is 15.0. The van der Waals surface area contributed by atoms with Crippen LogP contribution in [0.5, 0.6) is 0 Å². The lowest BCUT2D eigenvalue weighted by Gasteiger charge is -2.29. The molecule has 4 N–H and O–H groups in total. The lowest BCUT2D eigenvalue weighted by molar-refractivity contribution is 0.0893. The summed E-state index contributed by atoms with van der Waals surface area (Å²) in [6.45, 7) is 2.33. The van der Waals surface area contributed by atoms with Gasteiger partial charge in [0.1, 0.15) is 0 Å². The second-order valence-electron chi connectivity index (χ2n) is 5.80. The van der Waals surface area contributed by atoms with E-state index in [-0.39, 0.29) is 17.2 Å². The van der Waals surface area contributed by atoms with Gasteiger partial charge >= 0.3 is 0 Å². The van der Waals surface area contributed by atoms with Crippen LogP contribution in [0.1, 0.15) is 30.3 Å². The number of aromatic nitrogens is 2. The quantitative estimate of drug-likeness (QED) is 0.773. The maximum Gasteiger partial charge on any atom is 0.272 e. The number of fused-ring (bicyclic) bond motifs is 1. The van der Waals surface area contributed by atoms with Crippen LogP contribution in [0, 0.1) is 5.92 Å². The summed E-state index contributed by atoms with van der Waals surface area (Å²) in [5.41, 5.74) is 5.32. The fraction of sp³-hybridized carbons (Fsp3) is 0.400. The number of hydrogen-bond acceptors (Lipinski definition) is 4. The topological polar surface area (TPSA) is 101 Å². The van der Waals surface area contributed by atoms with Crippen molar-refractivity contribution in [2.24, 2.45) is 11.7 Å². The molecule has 110 valence electrons. The van der Waals surface area contributed by atoms with Crippen molar-refractivity contribution >= 4 is 16.7 Å². The molecular weight excluding hydrogens is 268 g/mol. The van der Waals surface area contributed by atoms with Gasteiger partial charge in [0.15, 0.2) is 5.69 Å². The summed E-state index contributed by atoms with van der Waals surface area (Å²) in [4.78, 5) is 24.3. The summed E-state index contributed by atoms with van der Waals surface area (Å²) >= 11 is 0. The number of H-pyrrole nitrogens is 1. The molecule has 3 rings (SSSR count). The molecule has 1 saturated carbocycles. The molecule has 0 spiro atoms. The summed E-state index contributed by atoms with van der Waals surface area (Å²) in [6.07, 6.45) is 2.15. The average Bonchev–Trinajstić information content (AvgIpc) is 3.32. The Morgan fingerprint density at radius 1 is 1.43 bits per heavy atom. The third-order valence-electron chi connectivity index (χ3n) is 4.21. The van der Waals surface area contributed by atoms with Gasteiger partial charge < -0.3 is 11.1 Å². The van der Waals surface area contributed by atoms with Crippen molar-refractivity contribution in [2.75, 3.05) is 6.54 Å². The van der Waals surface area contributed by atoms with Gasteiger partial charge in [-0.2, -0.15) is 5.10 Å².